The van der Waals surface area contributed by atoms with Gasteiger partial charge in [-0.3, -0.25) is 0 Å². The van der Waals surface area contributed by atoms with E-state index in [1.54, 1.807) is 38.1 Å². The molecule has 0 saturated heterocycles. The van der Waals surface area contributed by atoms with Crippen molar-refractivity contribution in [1.29, 1.82) is 0 Å². The van der Waals surface area contributed by atoms with Crippen LogP contribution in [-0.2, 0) is 11.2 Å². The van der Waals surface area contributed by atoms with E-state index in [2.05, 4.69) is 0 Å². The number of esters is 1. The summed E-state index contributed by atoms with van der Waals surface area (Å²) in [4.78, 5) is 13.2. The monoisotopic (exact) mass is 496 g/mol. The van der Waals surface area contributed by atoms with E-state index in [1.165, 1.54) is 33.5 Å². The molecule has 0 spiro atoms. The minimum atomic E-state index is -0.863. The Morgan fingerprint density at radius 2 is 1.50 bits per heavy atom. The normalized spacial score (nSPS) is 16.5. The van der Waals surface area contributed by atoms with Crippen molar-refractivity contribution >= 4 is 5.97 Å². The van der Waals surface area contributed by atoms with E-state index >= 15 is 0 Å². The highest BCUT2D eigenvalue weighted by Crippen LogP contribution is 2.46. The Hall–Kier alpha value is -4.27. The van der Waals surface area contributed by atoms with Crippen molar-refractivity contribution in [2.45, 2.75) is 32.5 Å². The minimum Gasteiger partial charge on any atom is -0.508 e. The maximum absolute atomic E-state index is 13.2. The lowest BCUT2D eigenvalue weighted by Gasteiger charge is -2.34. The molecule has 4 rings (SSSR count). The molecule has 1 aliphatic rings. The molecule has 0 saturated carbocycles. The van der Waals surface area contributed by atoms with E-state index in [4.69, 9.17) is 23.7 Å². The Balaban J connectivity index is 1.78. The molecule has 36 heavy (non-hydrogen) atoms. The Morgan fingerprint density at radius 3 is 2.06 bits per heavy atom. The summed E-state index contributed by atoms with van der Waals surface area (Å²) in [6.07, 6.45) is -1.58. The van der Waals surface area contributed by atoms with Gasteiger partial charge in [-0.15, -0.1) is 0 Å². The number of hydrogen-bond donors (Lipinski definition) is 3. The number of benzene rings is 3. The van der Waals surface area contributed by atoms with Crippen molar-refractivity contribution in [3.63, 3.8) is 0 Å². The molecule has 0 aromatic heterocycles. The first-order chi connectivity index (χ1) is 17.2. The van der Waals surface area contributed by atoms with E-state index in [-0.39, 0.29) is 35.0 Å². The summed E-state index contributed by atoms with van der Waals surface area (Å²) in [5, 5.41) is 30.5. The number of aryl methyl sites for hydroxylation is 2. The highest BCUT2D eigenvalue weighted by molar-refractivity contribution is 5.90. The third-order valence-electron chi connectivity index (χ3n) is 6.17. The van der Waals surface area contributed by atoms with Crippen molar-refractivity contribution in [2.24, 2.45) is 0 Å². The summed E-state index contributed by atoms with van der Waals surface area (Å²) in [5.74, 6) is 0.569. The lowest BCUT2D eigenvalue weighted by atomic mass is 9.93. The number of fused-ring (bicyclic) bond motifs is 1. The second kappa shape index (κ2) is 9.77. The number of phenols is 3. The fourth-order valence-corrected chi connectivity index (χ4v) is 4.38. The summed E-state index contributed by atoms with van der Waals surface area (Å²) < 4.78 is 28.4. The average Bonchev–Trinajstić information content (AvgIpc) is 2.85. The van der Waals surface area contributed by atoms with E-state index in [1.807, 2.05) is 0 Å². The van der Waals surface area contributed by atoms with Crippen molar-refractivity contribution in [1.82, 2.24) is 0 Å². The molecule has 0 bridgehead atoms. The van der Waals surface area contributed by atoms with Crippen LogP contribution in [0.1, 0.15) is 38.7 Å². The van der Waals surface area contributed by atoms with Gasteiger partial charge < -0.3 is 39.0 Å². The molecule has 1 heterocycles. The molecule has 3 aromatic carbocycles. The maximum atomic E-state index is 13.2. The number of methoxy groups -OCH3 is 3. The zero-order valence-corrected chi connectivity index (χ0v) is 20.6. The molecule has 190 valence electrons. The van der Waals surface area contributed by atoms with Gasteiger partial charge in [-0.25, -0.2) is 4.79 Å². The number of phenolic OH excluding ortho intramolecular Hbond substituents is 3. The van der Waals surface area contributed by atoms with Gasteiger partial charge in [0, 0.05) is 29.7 Å². The summed E-state index contributed by atoms with van der Waals surface area (Å²) in [6.45, 7) is 3.39. The van der Waals surface area contributed by atoms with Gasteiger partial charge in [0.15, 0.2) is 17.6 Å². The summed E-state index contributed by atoms with van der Waals surface area (Å²) >= 11 is 0. The molecular formula is C27H28O9. The van der Waals surface area contributed by atoms with Crippen LogP contribution in [0, 0.1) is 13.8 Å². The van der Waals surface area contributed by atoms with Crippen LogP contribution in [0.5, 0.6) is 40.2 Å². The molecule has 3 N–H and O–H groups in total. The molecule has 2 atom stereocenters. The highest BCUT2D eigenvalue weighted by atomic mass is 16.6. The first-order valence-electron chi connectivity index (χ1n) is 11.2. The maximum Gasteiger partial charge on any atom is 0.338 e. The third-order valence-corrected chi connectivity index (χ3v) is 6.17. The van der Waals surface area contributed by atoms with E-state index < -0.39 is 18.2 Å². The lowest BCUT2D eigenvalue weighted by Crippen LogP contribution is -2.35. The average molecular weight is 497 g/mol. The van der Waals surface area contributed by atoms with Crippen molar-refractivity contribution < 1.29 is 43.8 Å². The predicted octanol–water partition coefficient (Wildman–Crippen LogP) is 4.35. The Bertz CT molecular complexity index is 1270. The van der Waals surface area contributed by atoms with Crippen LogP contribution in [0.4, 0.5) is 0 Å². The topological polar surface area (TPSA) is 124 Å². The summed E-state index contributed by atoms with van der Waals surface area (Å²) in [5.41, 5.74) is 2.32. The van der Waals surface area contributed by atoms with Crippen LogP contribution in [0.2, 0.25) is 0 Å². The second-order valence-electron chi connectivity index (χ2n) is 8.55. The molecule has 0 aliphatic carbocycles. The first-order valence-corrected chi connectivity index (χ1v) is 11.2. The molecule has 9 nitrogen and oxygen atoms in total. The summed E-state index contributed by atoms with van der Waals surface area (Å²) in [6, 6.07) is 9.07. The molecule has 1 unspecified atom stereocenters. The fraction of sp³-hybridized carbons (Fsp3) is 0.296. The SMILES string of the molecule is COc1cc(C2Oc3cc(O)cc(O)c3C[C@H]2OC(=O)c2cc(C)c(O)c(C)c2)cc(OC)c1OC. The van der Waals surface area contributed by atoms with Crippen LogP contribution < -0.4 is 18.9 Å². The Labute approximate surface area is 208 Å². The van der Waals surface area contributed by atoms with Gasteiger partial charge in [0.2, 0.25) is 5.75 Å². The molecule has 9 heteroatoms. The van der Waals surface area contributed by atoms with E-state index in [0.29, 0.717) is 39.5 Å². The summed E-state index contributed by atoms with van der Waals surface area (Å²) in [7, 11) is 4.47. The van der Waals surface area contributed by atoms with Gasteiger partial charge >= 0.3 is 5.97 Å². The van der Waals surface area contributed by atoms with Crippen LogP contribution in [0.3, 0.4) is 0 Å². The molecule has 3 aromatic rings. The smallest absolute Gasteiger partial charge is 0.338 e. The molecule has 0 radical (unpaired) electrons. The van der Waals surface area contributed by atoms with Crippen LogP contribution >= 0.6 is 0 Å². The van der Waals surface area contributed by atoms with Gasteiger partial charge in [-0.05, 0) is 49.2 Å². The van der Waals surface area contributed by atoms with Gasteiger partial charge in [0.1, 0.15) is 29.1 Å². The molecule has 1 aliphatic heterocycles. The standard InChI is InChI=1S/C27H28O9/c1-13-6-16(7-14(2)24(13)30)27(31)36-23-12-18-19(29)10-17(28)11-20(18)35-25(23)15-8-21(32-3)26(34-5)22(9-15)33-4/h6-11,23,25,28-30H,12H2,1-5H3/t23-,25?/m1/s1. The molecule has 0 fully saturated rings. The third kappa shape index (κ3) is 4.51. The number of ether oxygens (including phenoxy) is 5. The first kappa shape index (κ1) is 24.8. The molecule has 0 amide bonds. The van der Waals surface area contributed by atoms with Crippen LogP contribution in [0.15, 0.2) is 36.4 Å². The number of carbonyl (C=O) groups excluding carboxylic acids is 1. The van der Waals surface area contributed by atoms with E-state index in [0.717, 1.165) is 0 Å². The highest BCUT2D eigenvalue weighted by Gasteiger charge is 2.37. The zero-order valence-electron chi connectivity index (χ0n) is 20.6. The van der Waals surface area contributed by atoms with E-state index in [9.17, 15) is 20.1 Å². The largest absolute Gasteiger partial charge is 0.508 e. The van der Waals surface area contributed by atoms with Crippen LogP contribution in [0.25, 0.3) is 0 Å². The quantitative estimate of drug-likeness (QED) is 0.427. The van der Waals surface area contributed by atoms with Gasteiger partial charge in [0.25, 0.3) is 0 Å². The van der Waals surface area contributed by atoms with Gasteiger partial charge in [-0.1, -0.05) is 0 Å². The van der Waals surface area contributed by atoms with Gasteiger partial charge in [-0.2, -0.15) is 0 Å². The van der Waals surface area contributed by atoms with Gasteiger partial charge in [0.05, 0.1) is 26.9 Å². The van der Waals surface area contributed by atoms with Crippen LogP contribution in [-0.4, -0.2) is 48.7 Å². The Morgan fingerprint density at radius 1 is 0.889 bits per heavy atom. The number of hydrogen-bond acceptors (Lipinski definition) is 9. The number of aromatic hydroxyl groups is 3. The Kier molecular flexibility index (Phi) is 6.74. The lowest BCUT2D eigenvalue weighted by molar-refractivity contribution is -0.0189. The van der Waals surface area contributed by atoms with Crippen molar-refractivity contribution in [2.75, 3.05) is 21.3 Å². The number of carbonyl (C=O) groups is 1. The molecular weight excluding hydrogens is 468 g/mol. The minimum absolute atomic E-state index is 0.113. The zero-order chi connectivity index (χ0) is 26.1. The second-order valence-corrected chi connectivity index (χ2v) is 8.55. The van der Waals surface area contributed by atoms with Crippen molar-refractivity contribution in [3.05, 3.63) is 64.2 Å². The number of rotatable bonds is 6. The van der Waals surface area contributed by atoms with Crippen molar-refractivity contribution in [3.8, 4) is 40.2 Å². The predicted molar refractivity (Wildman–Crippen MR) is 130 cm³/mol. The fourth-order valence-electron chi connectivity index (χ4n) is 4.38.